The van der Waals surface area contributed by atoms with Crippen molar-refractivity contribution >= 4 is 28.7 Å². The molecule has 0 bridgehead atoms. The number of ether oxygens (including phenoxy) is 1. The van der Waals surface area contributed by atoms with E-state index in [4.69, 9.17) is 17.0 Å². The summed E-state index contributed by atoms with van der Waals surface area (Å²) < 4.78 is 6.39. The van der Waals surface area contributed by atoms with Gasteiger partial charge in [-0.1, -0.05) is 24.1 Å². The smallest absolute Gasteiger partial charge is 0.191 e. The summed E-state index contributed by atoms with van der Waals surface area (Å²) in [6.45, 7) is 2.05. The Morgan fingerprint density at radius 3 is 2.61 bits per heavy atom. The van der Waals surface area contributed by atoms with Crippen LogP contribution in [0, 0.1) is 6.92 Å². The van der Waals surface area contributed by atoms with Crippen LogP contribution in [0.25, 0.3) is 0 Å². The van der Waals surface area contributed by atoms with E-state index in [1.54, 1.807) is 12.1 Å². The maximum Gasteiger partial charge on any atom is 0.191 e. The number of fused-ring (bicyclic) bond motifs is 1. The number of nitrogens with zero attached hydrogens (tertiary/aromatic N) is 1. The standard InChI is InChI=1S/C22H25N3O2S/c1-15-5-7-16(8-6-15)23-21(28)25-24-19-14-22(11-3-2-4-12-22)27-20-10-9-17(26)13-18(19)20/h5-10,13,26H,2-4,11-12,14H2,1H3,(H2,23,25,28)/b24-19-. The molecular formula is C22H25N3O2S. The van der Waals surface area contributed by atoms with Gasteiger partial charge in [0.1, 0.15) is 17.1 Å². The molecule has 6 heteroatoms. The van der Waals surface area contributed by atoms with E-state index >= 15 is 0 Å². The number of benzene rings is 2. The van der Waals surface area contributed by atoms with Crippen LogP contribution in [-0.2, 0) is 0 Å². The number of hydrogen-bond acceptors (Lipinski definition) is 4. The zero-order valence-electron chi connectivity index (χ0n) is 16.0. The van der Waals surface area contributed by atoms with Gasteiger partial charge in [0.2, 0.25) is 0 Å². The van der Waals surface area contributed by atoms with Gasteiger partial charge in [-0.3, -0.25) is 5.43 Å². The summed E-state index contributed by atoms with van der Waals surface area (Å²) in [6.07, 6.45) is 6.35. The minimum absolute atomic E-state index is 0.200. The molecule has 146 valence electrons. The fourth-order valence-corrected chi connectivity index (χ4v) is 4.15. The van der Waals surface area contributed by atoms with Gasteiger partial charge in [0, 0.05) is 17.7 Å². The molecule has 5 nitrogen and oxygen atoms in total. The first-order valence-electron chi connectivity index (χ1n) is 9.76. The molecule has 3 N–H and O–H groups in total. The number of hydrogen-bond donors (Lipinski definition) is 3. The average molecular weight is 396 g/mol. The van der Waals surface area contributed by atoms with E-state index in [2.05, 4.69) is 15.8 Å². The van der Waals surface area contributed by atoms with Gasteiger partial charge in [0.25, 0.3) is 0 Å². The molecule has 1 fully saturated rings. The SMILES string of the molecule is Cc1ccc(NC(=S)N/N=C2/CC3(CCCCC3)Oc3ccc(O)cc32)cc1. The third-order valence-electron chi connectivity index (χ3n) is 5.46. The van der Waals surface area contributed by atoms with Crippen molar-refractivity contribution in [1.29, 1.82) is 0 Å². The second-order valence-corrected chi connectivity index (χ2v) is 8.10. The Morgan fingerprint density at radius 2 is 1.86 bits per heavy atom. The zero-order valence-corrected chi connectivity index (χ0v) is 16.8. The van der Waals surface area contributed by atoms with Crippen molar-refractivity contribution in [1.82, 2.24) is 5.43 Å². The van der Waals surface area contributed by atoms with Gasteiger partial charge in [-0.05, 0) is 75.2 Å². The van der Waals surface area contributed by atoms with Crippen molar-refractivity contribution in [3.05, 3.63) is 53.6 Å². The second kappa shape index (κ2) is 7.80. The maximum atomic E-state index is 9.93. The average Bonchev–Trinajstić information content (AvgIpc) is 2.69. The van der Waals surface area contributed by atoms with Crippen molar-refractivity contribution in [2.45, 2.75) is 51.0 Å². The van der Waals surface area contributed by atoms with E-state index in [9.17, 15) is 5.11 Å². The first-order chi connectivity index (χ1) is 13.5. The van der Waals surface area contributed by atoms with Crippen molar-refractivity contribution < 1.29 is 9.84 Å². The van der Waals surface area contributed by atoms with Crippen molar-refractivity contribution in [3.8, 4) is 11.5 Å². The number of anilines is 1. The highest BCUT2D eigenvalue weighted by atomic mass is 32.1. The molecule has 0 unspecified atom stereocenters. The lowest BCUT2D eigenvalue weighted by Crippen LogP contribution is -2.44. The number of phenols is 1. The summed E-state index contributed by atoms with van der Waals surface area (Å²) in [7, 11) is 0. The first kappa shape index (κ1) is 18.7. The third-order valence-corrected chi connectivity index (χ3v) is 5.65. The zero-order chi connectivity index (χ0) is 19.6. The monoisotopic (exact) mass is 395 g/mol. The van der Waals surface area contributed by atoms with Gasteiger partial charge in [0.15, 0.2) is 5.11 Å². The molecule has 2 aromatic rings. The number of thiocarbonyl (C=S) groups is 1. The Kier molecular flexibility index (Phi) is 5.22. The number of hydrazone groups is 1. The fraction of sp³-hybridized carbons (Fsp3) is 0.364. The molecule has 1 aliphatic carbocycles. The molecule has 2 aromatic carbocycles. The maximum absolute atomic E-state index is 9.93. The topological polar surface area (TPSA) is 65.9 Å². The van der Waals surface area contributed by atoms with Gasteiger partial charge >= 0.3 is 0 Å². The first-order valence-corrected chi connectivity index (χ1v) is 10.2. The summed E-state index contributed by atoms with van der Waals surface area (Å²) in [6, 6.07) is 13.2. The molecular weight excluding hydrogens is 370 g/mol. The van der Waals surface area contributed by atoms with Crippen LogP contribution in [-0.4, -0.2) is 21.5 Å². The molecule has 0 radical (unpaired) electrons. The Hall–Kier alpha value is -2.60. The molecule has 0 atom stereocenters. The quantitative estimate of drug-likeness (QED) is 0.500. The number of phenolic OH excluding ortho intramolecular Hbond substituents is 1. The number of rotatable bonds is 2. The molecule has 0 aromatic heterocycles. The Morgan fingerprint density at radius 1 is 1.11 bits per heavy atom. The molecule has 0 amide bonds. The van der Waals surface area contributed by atoms with E-state index in [0.29, 0.717) is 11.5 Å². The molecule has 1 spiro atoms. The Labute approximate surface area is 170 Å². The second-order valence-electron chi connectivity index (χ2n) is 7.69. The molecule has 0 saturated heterocycles. The van der Waals surface area contributed by atoms with E-state index in [1.165, 1.54) is 24.8 Å². The molecule has 2 aliphatic rings. The lowest BCUT2D eigenvalue weighted by atomic mass is 9.78. The number of aryl methyl sites for hydroxylation is 1. The molecule has 1 heterocycles. The lowest BCUT2D eigenvalue weighted by molar-refractivity contribution is 0.0320. The molecule has 1 aliphatic heterocycles. The van der Waals surface area contributed by atoms with Crippen LogP contribution < -0.4 is 15.5 Å². The van der Waals surface area contributed by atoms with E-state index in [-0.39, 0.29) is 11.4 Å². The van der Waals surface area contributed by atoms with Crippen LogP contribution in [0.5, 0.6) is 11.5 Å². The lowest BCUT2D eigenvalue weighted by Gasteiger charge is -2.41. The summed E-state index contributed by atoms with van der Waals surface area (Å²) in [4.78, 5) is 0. The molecule has 4 rings (SSSR count). The normalized spacial score (nSPS) is 19.0. The third kappa shape index (κ3) is 4.12. The van der Waals surface area contributed by atoms with Gasteiger partial charge < -0.3 is 15.2 Å². The van der Waals surface area contributed by atoms with Crippen molar-refractivity contribution in [3.63, 3.8) is 0 Å². The van der Waals surface area contributed by atoms with Crippen LogP contribution in [0.15, 0.2) is 47.6 Å². The molecule has 28 heavy (non-hydrogen) atoms. The molecule has 1 saturated carbocycles. The van der Waals surface area contributed by atoms with E-state index in [1.807, 2.05) is 37.3 Å². The van der Waals surface area contributed by atoms with E-state index in [0.717, 1.165) is 35.6 Å². The van der Waals surface area contributed by atoms with Crippen LogP contribution in [0.3, 0.4) is 0 Å². The summed E-state index contributed by atoms with van der Waals surface area (Å²) in [5.74, 6) is 0.985. The summed E-state index contributed by atoms with van der Waals surface area (Å²) >= 11 is 5.40. The minimum Gasteiger partial charge on any atom is -0.508 e. The fourth-order valence-electron chi connectivity index (χ4n) is 3.99. The summed E-state index contributed by atoms with van der Waals surface area (Å²) in [5, 5.41) is 18.1. The predicted octanol–water partition coefficient (Wildman–Crippen LogP) is 4.88. The predicted molar refractivity (Wildman–Crippen MR) is 116 cm³/mol. The Balaban J connectivity index is 1.55. The number of aromatic hydroxyl groups is 1. The van der Waals surface area contributed by atoms with Gasteiger partial charge in [-0.15, -0.1) is 0 Å². The highest BCUT2D eigenvalue weighted by Gasteiger charge is 2.40. The highest BCUT2D eigenvalue weighted by molar-refractivity contribution is 7.80. The van der Waals surface area contributed by atoms with Crippen LogP contribution in [0.2, 0.25) is 0 Å². The van der Waals surface area contributed by atoms with Gasteiger partial charge in [0.05, 0.1) is 5.71 Å². The van der Waals surface area contributed by atoms with Crippen LogP contribution in [0.1, 0.15) is 49.7 Å². The Bertz CT molecular complexity index is 902. The van der Waals surface area contributed by atoms with Gasteiger partial charge in [-0.2, -0.15) is 5.10 Å². The van der Waals surface area contributed by atoms with E-state index < -0.39 is 0 Å². The summed E-state index contributed by atoms with van der Waals surface area (Å²) in [5.41, 5.74) is 6.57. The number of nitrogens with one attached hydrogen (secondary N) is 2. The van der Waals surface area contributed by atoms with Gasteiger partial charge in [-0.25, -0.2) is 0 Å². The van der Waals surface area contributed by atoms with Crippen LogP contribution >= 0.6 is 12.2 Å². The van der Waals surface area contributed by atoms with Crippen LogP contribution in [0.4, 0.5) is 5.69 Å². The minimum atomic E-state index is -0.200. The van der Waals surface area contributed by atoms with Crippen molar-refractivity contribution in [2.75, 3.05) is 5.32 Å². The van der Waals surface area contributed by atoms with Crippen molar-refractivity contribution in [2.24, 2.45) is 5.10 Å². The highest BCUT2D eigenvalue weighted by Crippen LogP contribution is 2.42. The largest absolute Gasteiger partial charge is 0.508 e.